The van der Waals surface area contributed by atoms with Crippen LogP contribution in [0.3, 0.4) is 0 Å². The molecule has 0 unspecified atom stereocenters. The molecule has 0 saturated carbocycles. The van der Waals surface area contributed by atoms with Crippen LogP contribution in [0, 0.1) is 4.64 Å². The molecule has 1 amide bonds. The number of hydrogen-bond donors (Lipinski definition) is 3. The van der Waals surface area contributed by atoms with Gasteiger partial charge in [-0.25, -0.2) is 9.48 Å². The predicted molar refractivity (Wildman–Crippen MR) is 109 cm³/mol. The highest BCUT2D eigenvalue weighted by atomic mass is 79.9. The molecule has 7 nitrogen and oxygen atoms in total. The number of halogens is 1. The second kappa shape index (κ2) is 6.93. The topological polar surface area (TPSA) is 95.6 Å². The van der Waals surface area contributed by atoms with E-state index in [-0.39, 0.29) is 10.3 Å². The Balaban J connectivity index is 1.90. The summed E-state index contributed by atoms with van der Waals surface area (Å²) in [4.78, 5) is 29.9. The quantitative estimate of drug-likeness (QED) is 0.421. The molecule has 134 valence electrons. The van der Waals surface area contributed by atoms with E-state index in [1.165, 1.54) is 4.68 Å². The third-order valence-electron chi connectivity index (χ3n) is 3.89. The van der Waals surface area contributed by atoms with Gasteiger partial charge in [0.05, 0.1) is 11.1 Å². The van der Waals surface area contributed by atoms with Crippen molar-refractivity contribution >= 4 is 50.8 Å². The van der Waals surface area contributed by atoms with Crippen LogP contribution < -0.4 is 11.0 Å². The second-order valence-corrected chi connectivity index (χ2v) is 7.01. The number of anilines is 1. The average Bonchev–Trinajstić information content (AvgIpc) is 3.03. The number of benzene rings is 2. The number of nitrogens with zero attached hydrogens (tertiary/aromatic N) is 2. The van der Waals surface area contributed by atoms with Crippen LogP contribution in [0.15, 0.2) is 63.9 Å². The van der Waals surface area contributed by atoms with Gasteiger partial charge < -0.3 is 5.32 Å². The van der Waals surface area contributed by atoms with Crippen molar-refractivity contribution in [3.05, 3.63) is 79.9 Å². The summed E-state index contributed by atoms with van der Waals surface area (Å²) in [7, 11) is 0. The van der Waals surface area contributed by atoms with E-state index in [0.29, 0.717) is 22.4 Å². The van der Waals surface area contributed by atoms with E-state index in [9.17, 15) is 9.59 Å². The number of carbonyl (C=O) groups is 1. The molecule has 2 aromatic heterocycles. The number of hydrogen-bond acceptors (Lipinski definition) is 4. The Bertz CT molecular complexity index is 1260. The van der Waals surface area contributed by atoms with Gasteiger partial charge in [-0.2, -0.15) is 5.10 Å². The Morgan fingerprint density at radius 3 is 2.48 bits per heavy atom. The molecule has 0 atom stereocenters. The van der Waals surface area contributed by atoms with Gasteiger partial charge in [0.1, 0.15) is 10.3 Å². The summed E-state index contributed by atoms with van der Waals surface area (Å²) in [5.74, 6) is -0.423. The lowest BCUT2D eigenvalue weighted by Gasteiger charge is -2.03. The van der Waals surface area contributed by atoms with Crippen molar-refractivity contribution in [2.24, 2.45) is 0 Å². The van der Waals surface area contributed by atoms with Crippen LogP contribution in [0.4, 0.5) is 5.69 Å². The fourth-order valence-corrected chi connectivity index (χ4v) is 3.24. The Morgan fingerprint density at radius 2 is 1.78 bits per heavy atom. The third-order valence-corrected chi connectivity index (χ3v) is 4.72. The van der Waals surface area contributed by atoms with E-state index in [0.717, 1.165) is 4.47 Å². The zero-order valence-electron chi connectivity index (χ0n) is 13.7. The summed E-state index contributed by atoms with van der Waals surface area (Å²) < 4.78 is 2.54. The number of aromatic amines is 2. The van der Waals surface area contributed by atoms with Gasteiger partial charge in [-0.05, 0) is 36.4 Å². The molecule has 0 spiro atoms. The molecule has 2 aromatic carbocycles. The fourth-order valence-electron chi connectivity index (χ4n) is 2.69. The first-order valence-corrected chi connectivity index (χ1v) is 9.11. The molecule has 4 aromatic rings. The highest BCUT2D eigenvalue weighted by Crippen LogP contribution is 2.22. The molecule has 0 fully saturated rings. The molecule has 0 aliphatic carbocycles. The molecule has 0 aliphatic rings. The Hall–Kier alpha value is -3.04. The number of amides is 1. The van der Waals surface area contributed by atoms with Gasteiger partial charge >= 0.3 is 5.69 Å². The molecule has 9 heteroatoms. The number of para-hydroxylation sites is 1. The molecule has 27 heavy (non-hydrogen) atoms. The van der Waals surface area contributed by atoms with Crippen molar-refractivity contribution in [3.8, 4) is 5.69 Å². The van der Waals surface area contributed by atoms with E-state index in [4.69, 9.17) is 12.2 Å². The minimum atomic E-state index is -0.472. The Morgan fingerprint density at radius 1 is 1.07 bits per heavy atom. The van der Waals surface area contributed by atoms with E-state index in [1.807, 2.05) is 42.5 Å². The lowest BCUT2D eigenvalue weighted by atomic mass is 10.2. The maximum atomic E-state index is 12.8. The zero-order chi connectivity index (χ0) is 19.0. The van der Waals surface area contributed by atoms with E-state index in [1.54, 1.807) is 12.1 Å². The molecular weight excluding hydrogens is 430 g/mol. The number of rotatable bonds is 3. The molecule has 3 N–H and O–H groups in total. The highest BCUT2D eigenvalue weighted by Gasteiger charge is 2.21. The first kappa shape index (κ1) is 17.4. The van der Waals surface area contributed by atoms with Gasteiger partial charge in [-0.1, -0.05) is 46.3 Å². The molecule has 2 heterocycles. The molecule has 0 radical (unpaired) electrons. The fraction of sp³-hybridized carbons (Fsp3) is 0. The zero-order valence-corrected chi connectivity index (χ0v) is 16.1. The average molecular weight is 442 g/mol. The van der Waals surface area contributed by atoms with Crippen LogP contribution in [0.1, 0.15) is 10.5 Å². The van der Waals surface area contributed by atoms with Crippen LogP contribution in [0.25, 0.3) is 16.7 Å². The normalized spacial score (nSPS) is 10.9. The number of nitrogens with one attached hydrogen (secondary N) is 3. The van der Waals surface area contributed by atoms with E-state index in [2.05, 4.69) is 36.3 Å². The van der Waals surface area contributed by atoms with Gasteiger partial charge in [0, 0.05) is 10.2 Å². The molecule has 0 aliphatic heterocycles. The van der Waals surface area contributed by atoms with E-state index < -0.39 is 11.6 Å². The van der Waals surface area contributed by atoms with Crippen molar-refractivity contribution in [1.82, 2.24) is 19.7 Å². The van der Waals surface area contributed by atoms with Gasteiger partial charge in [0.15, 0.2) is 5.69 Å². The van der Waals surface area contributed by atoms with Crippen molar-refractivity contribution in [2.75, 3.05) is 5.32 Å². The van der Waals surface area contributed by atoms with Crippen LogP contribution in [0.5, 0.6) is 0 Å². The summed E-state index contributed by atoms with van der Waals surface area (Å²) in [6.45, 7) is 0. The van der Waals surface area contributed by atoms with Crippen LogP contribution in [-0.4, -0.2) is 25.7 Å². The smallest absolute Gasteiger partial charge is 0.321 e. The maximum absolute atomic E-state index is 12.8. The summed E-state index contributed by atoms with van der Waals surface area (Å²) >= 11 is 8.66. The number of H-pyrrole nitrogens is 2. The summed E-state index contributed by atoms with van der Waals surface area (Å²) in [6, 6.07) is 16.3. The predicted octanol–water partition coefficient (Wildman–Crippen LogP) is 3.79. The first-order chi connectivity index (χ1) is 13.0. The monoisotopic (exact) mass is 441 g/mol. The van der Waals surface area contributed by atoms with Crippen molar-refractivity contribution in [3.63, 3.8) is 0 Å². The summed E-state index contributed by atoms with van der Waals surface area (Å²) in [5.41, 5.74) is 1.31. The SMILES string of the molecule is O=C(Nc1ccccc1)c1nn(-c2ccc(Br)cc2)c2[nH]c(=O)[nH]c(=S)c12. The Kier molecular flexibility index (Phi) is 4.46. The van der Waals surface area contributed by atoms with Gasteiger partial charge in [0.25, 0.3) is 5.91 Å². The van der Waals surface area contributed by atoms with Gasteiger partial charge in [0.2, 0.25) is 0 Å². The van der Waals surface area contributed by atoms with Crippen LogP contribution >= 0.6 is 28.1 Å². The lowest BCUT2D eigenvalue weighted by molar-refractivity contribution is 0.102. The van der Waals surface area contributed by atoms with Gasteiger partial charge in [-0.3, -0.25) is 14.8 Å². The molecule has 0 bridgehead atoms. The van der Waals surface area contributed by atoms with Crippen LogP contribution in [-0.2, 0) is 0 Å². The van der Waals surface area contributed by atoms with Crippen molar-refractivity contribution in [2.45, 2.75) is 0 Å². The maximum Gasteiger partial charge on any atom is 0.325 e. The molecule has 0 saturated heterocycles. The number of aromatic nitrogens is 4. The van der Waals surface area contributed by atoms with Crippen LogP contribution in [0.2, 0.25) is 0 Å². The molecule has 4 rings (SSSR count). The number of carbonyl (C=O) groups excluding carboxylic acids is 1. The van der Waals surface area contributed by atoms with Gasteiger partial charge in [-0.15, -0.1) is 0 Å². The molecular formula is C18H12BrN5O2S. The third kappa shape index (κ3) is 3.34. The summed E-state index contributed by atoms with van der Waals surface area (Å²) in [5, 5.41) is 7.59. The van der Waals surface area contributed by atoms with Crippen molar-refractivity contribution < 1.29 is 4.79 Å². The number of fused-ring (bicyclic) bond motifs is 1. The summed E-state index contributed by atoms with van der Waals surface area (Å²) in [6.07, 6.45) is 0. The standard InChI is InChI=1S/C18H12BrN5O2S/c19-10-6-8-12(9-7-10)24-15-13(17(27)22-18(26)21-15)14(23-24)16(25)20-11-4-2-1-3-5-11/h1-9H,(H,20,25)(H2,21,22,26,27). The highest BCUT2D eigenvalue weighted by molar-refractivity contribution is 9.10. The van der Waals surface area contributed by atoms with E-state index >= 15 is 0 Å². The Labute approximate surface area is 166 Å². The largest absolute Gasteiger partial charge is 0.325 e. The van der Waals surface area contributed by atoms with Crippen molar-refractivity contribution in [1.29, 1.82) is 0 Å². The lowest BCUT2D eigenvalue weighted by Crippen LogP contribution is -2.14. The minimum Gasteiger partial charge on any atom is -0.321 e. The second-order valence-electron chi connectivity index (χ2n) is 5.69. The minimum absolute atomic E-state index is 0.120. The first-order valence-electron chi connectivity index (χ1n) is 7.90.